The molecule has 4 fully saturated rings. The Morgan fingerprint density at radius 1 is 0.759 bits per heavy atom. The van der Waals surface area contributed by atoms with E-state index in [1.807, 2.05) is 6.92 Å². The van der Waals surface area contributed by atoms with Gasteiger partial charge in [0, 0.05) is 18.3 Å². The summed E-state index contributed by atoms with van der Waals surface area (Å²) in [5.74, 6) is 2.45. The standard InChI is InChI=1S/C26H42O3/c1-16(27)18-10-14-25(6)19(18)8-9-21-24(5)13-12-22(29-17(2)28)23(3,4)20(24)11-15-26(21,25)7/h18-22H,8-15H2,1-7H3. The SMILES string of the molecule is CC(=O)OC1CCC2(C)C(CCC3(C)C2CCC2C(C(C)=O)CCC23C)C1(C)C. The Labute approximate surface area is 177 Å². The zero-order valence-electron chi connectivity index (χ0n) is 19.8. The number of rotatable bonds is 2. The first-order chi connectivity index (χ1) is 13.4. The average molecular weight is 403 g/mol. The minimum atomic E-state index is -0.137. The summed E-state index contributed by atoms with van der Waals surface area (Å²) in [5.41, 5.74) is 0.928. The molecule has 0 saturated heterocycles. The lowest BCUT2D eigenvalue weighted by Gasteiger charge is -2.69. The van der Waals surface area contributed by atoms with Crippen molar-refractivity contribution in [3.8, 4) is 0 Å². The van der Waals surface area contributed by atoms with Crippen LogP contribution in [0.5, 0.6) is 0 Å². The maximum Gasteiger partial charge on any atom is 0.302 e. The van der Waals surface area contributed by atoms with Crippen molar-refractivity contribution in [2.45, 2.75) is 106 Å². The molecule has 4 rings (SSSR count). The van der Waals surface area contributed by atoms with Gasteiger partial charge in [-0.15, -0.1) is 0 Å². The molecule has 3 nitrogen and oxygen atoms in total. The predicted molar refractivity (Wildman–Crippen MR) is 115 cm³/mol. The molecule has 0 N–H and O–H groups in total. The van der Waals surface area contributed by atoms with Gasteiger partial charge in [0.05, 0.1) is 0 Å². The quantitative estimate of drug-likeness (QED) is 0.517. The summed E-state index contributed by atoms with van der Waals surface area (Å²) < 4.78 is 5.81. The van der Waals surface area contributed by atoms with Crippen LogP contribution in [-0.2, 0) is 14.3 Å². The second-order valence-electron chi connectivity index (χ2n) is 12.4. The summed E-state index contributed by atoms with van der Waals surface area (Å²) in [7, 11) is 0. The summed E-state index contributed by atoms with van der Waals surface area (Å²) in [6, 6.07) is 0. The third kappa shape index (κ3) is 2.74. The fraction of sp³-hybridized carbons (Fsp3) is 0.923. The molecule has 0 radical (unpaired) electrons. The van der Waals surface area contributed by atoms with Gasteiger partial charge in [-0.3, -0.25) is 9.59 Å². The molecule has 0 aromatic carbocycles. The zero-order valence-corrected chi connectivity index (χ0v) is 19.8. The highest BCUT2D eigenvalue weighted by atomic mass is 16.5. The molecule has 3 heteroatoms. The largest absolute Gasteiger partial charge is 0.462 e. The van der Waals surface area contributed by atoms with E-state index in [0.29, 0.717) is 40.3 Å². The molecule has 4 saturated carbocycles. The summed E-state index contributed by atoms with van der Waals surface area (Å²) in [4.78, 5) is 24.1. The zero-order chi connectivity index (χ0) is 21.4. The van der Waals surface area contributed by atoms with Crippen LogP contribution >= 0.6 is 0 Å². The lowest BCUT2D eigenvalue weighted by Crippen LogP contribution is -2.64. The minimum Gasteiger partial charge on any atom is -0.462 e. The van der Waals surface area contributed by atoms with Crippen LogP contribution in [0.1, 0.15) is 99.8 Å². The van der Waals surface area contributed by atoms with E-state index in [-0.39, 0.29) is 22.9 Å². The molecule has 164 valence electrons. The van der Waals surface area contributed by atoms with Crippen molar-refractivity contribution >= 4 is 11.8 Å². The van der Waals surface area contributed by atoms with Gasteiger partial charge in [-0.25, -0.2) is 0 Å². The van der Waals surface area contributed by atoms with E-state index in [9.17, 15) is 9.59 Å². The third-order valence-corrected chi connectivity index (χ3v) is 11.2. The van der Waals surface area contributed by atoms with Gasteiger partial charge in [-0.2, -0.15) is 0 Å². The van der Waals surface area contributed by atoms with Gasteiger partial charge in [0.1, 0.15) is 11.9 Å². The molecule has 0 heterocycles. The molecular formula is C26H42O3. The first kappa shape index (κ1) is 21.4. The second-order valence-corrected chi connectivity index (χ2v) is 12.4. The van der Waals surface area contributed by atoms with Crippen LogP contribution in [0.4, 0.5) is 0 Å². The predicted octanol–water partition coefficient (Wildman–Crippen LogP) is 6.19. The monoisotopic (exact) mass is 402 g/mol. The van der Waals surface area contributed by atoms with E-state index < -0.39 is 0 Å². The van der Waals surface area contributed by atoms with Gasteiger partial charge in [-0.05, 0) is 92.3 Å². The van der Waals surface area contributed by atoms with E-state index in [0.717, 1.165) is 19.3 Å². The third-order valence-electron chi connectivity index (χ3n) is 11.2. The van der Waals surface area contributed by atoms with Crippen molar-refractivity contribution in [2.24, 2.45) is 45.3 Å². The number of carbonyl (C=O) groups is 2. The van der Waals surface area contributed by atoms with Gasteiger partial charge < -0.3 is 4.74 Å². The van der Waals surface area contributed by atoms with Gasteiger partial charge in [0.15, 0.2) is 0 Å². The van der Waals surface area contributed by atoms with E-state index in [4.69, 9.17) is 4.74 Å². The van der Waals surface area contributed by atoms with Crippen molar-refractivity contribution < 1.29 is 14.3 Å². The van der Waals surface area contributed by atoms with Gasteiger partial charge in [0.2, 0.25) is 0 Å². The van der Waals surface area contributed by atoms with Gasteiger partial charge >= 0.3 is 5.97 Å². The molecule has 4 aliphatic rings. The molecule has 0 bridgehead atoms. The number of Topliss-reactive ketones (excluding diaryl/α,β-unsaturated/α-hetero) is 1. The number of ether oxygens (including phenoxy) is 1. The molecule has 4 aliphatic carbocycles. The maximum atomic E-state index is 12.4. The Balaban J connectivity index is 1.68. The molecule has 0 aromatic rings. The Morgan fingerprint density at radius 3 is 2.03 bits per heavy atom. The first-order valence-corrected chi connectivity index (χ1v) is 12.1. The van der Waals surface area contributed by atoms with E-state index >= 15 is 0 Å². The van der Waals surface area contributed by atoms with E-state index in [1.165, 1.54) is 32.1 Å². The maximum absolute atomic E-state index is 12.4. The Morgan fingerprint density at radius 2 is 1.41 bits per heavy atom. The number of hydrogen-bond acceptors (Lipinski definition) is 3. The number of fused-ring (bicyclic) bond motifs is 5. The summed E-state index contributed by atoms with van der Waals surface area (Å²) >= 11 is 0. The van der Waals surface area contributed by atoms with Crippen LogP contribution in [0.25, 0.3) is 0 Å². The molecule has 8 unspecified atom stereocenters. The van der Waals surface area contributed by atoms with E-state index in [1.54, 1.807) is 6.92 Å². The molecule has 8 atom stereocenters. The highest BCUT2D eigenvalue weighted by molar-refractivity contribution is 5.79. The van der Waals surface area contributed by atoms with E-state index in [2.05, 4.69) is 34.6 Å². The highest BCUT2D eigenvalue weighted by Gasteiger charge is 2.69. The Hall–Kier alpha value is -0.860. The van der Waals surface area contributed by atoms with Crippen LogP contribution in [0.2, 0.25) is 0 Å². The lowest BCUT2D eigenvalue weighted by molar-refractivity contribution is -0.226. The molecular weight excluding hydrogens is 360 g/mol. The van der Waals surface area contributed by atoms with Crippen molar-refractivity contribution in [3.05, 3.63) is 0 Å². The van der Waals surface area contributed by atoms with Crippen LogP contribution in [0.3, 0.4) is 0 Å². The van der Waals surface area contributed by atoms with Gasteiger partial charge in [-0.1, -0.05) is 34.6 Å². The van der Waals surface area contributed by atoms with Crippen LogP contribution in [0.15, 0.2) is 0 Å². The second kappa shape index (κ2) is 6.57. The summed E-state index contributed by atoms with van der Waals surface area (Å²) in [6.45, 7) is 15.7. The topological polar surface area (TPSA) is 43.4 Å². The van der Waals surface area contributed by atoms with Crippen LogP contribution in [0, 0.1) is 45.3 Å². The molecule has 29 heavy (non-hydrogen) atoms. The van der Waals surface area contributed by atoms with Crippen LogP contribution in [-0.4, -0.2) is 17.9 Å². The highest BCUT2D eigenvalue weighted by Crippen LogP contribution is 2.75. The smallest absolute Gasteiger partial charge is 0.302 e. The van der Waals surface area contributed by atoms with Crippen molar-refractivity contribution in [1.29, 1.82) is 0 Å². The lowest BCUT2D eigenvalue weighted by atomic mass is 9.35. The molecule has 0 amide bonds. The van der Waals surface area contributed by atoms with Crippen molar-refractivity contribution in [1.82, 2.24) is 0 Å². The average Bonchev–Trinajstić information content (AvgIpc) is 2.96. The fourth-order valence-electron chi connectivity index (χ4n) is 9.62. The summed E-state index contributed by atoms with van der Waals surface area (Å²) in [5, 5.41) is 0. The van der Waals surface area contributed by atoms with Crippen molar-refractivity contribution in [2.75, 3.05) is 0 Å². The Kier molecular flexibility index (Phi) is 4.84. The fourth-order valence-corrected chi connectivity index (χ4v) is 9.62. The number of ketones is 1. The minimum absolute atomic E-state index is 0.0232. The molecule has 0 spiro atoms. The Bertz CT molecular complexity index is 711. The first-order valence-electron chi connectivity index (χ1n) is 12.1. The number of carbonyl (C=O) groups excluding carboxylic acids is 2. The van der Waals surface area contributed by atoms with Gasteiger partial charge in [0.25, 0.3) is 0 Å². The molecule has 0 aliphatic heterocycles. The summed E-state index contributed by atoms with van der Waals surface area (Å²) in [6.07, 6.45) is 9.47. The number of esters is 1. The molecule has 0 aromatic heterocycles. The number of hydrogen-bond donors (Lipinski definition) is 0. The van der Waals surface area contributed by atoms with Crippen LogP contribution < -0.4 is 0 Å². The van der Waals surface area contributed by atoms with Crippen molar-refractivity contribution in [3.63, 3.8) is 0 Å². The normalized spacial score (nSPS) is 50.8.